The Labute approximate surface area is 390 Å². The SMILES string of the molecule is COCCc1cc(S(=O)(=O)[O-])cc2c3c(ccc12)[N+](CCCCCC(=O)O)=C(/C=C/C=C1/N(CCOC)c2ccc4c(S(=O)(=O)[O-])cc(S(=O)(=O)[O-])cc4c2C1(C)CCCS(=O)(=O)[O-])C3(C)C. The molecule has 0 spiro atoms. The quantitative estimate of drug-likeness (QED) is 0.0645. The van der Waals surface area contributed by atoms with Gasteiger partial charge >= 0.3 is 5.97 Å². The Morgan fingerprint density at radius 1 is 0.746 bits per heavy atom. The Morgan fingerprint density at radius 2 is 1.37 bits per heavy atom. The summed E-state index contributed by atoms with van der Waals surface area (Å²) in [5.74, 6) is -1.71. The van der Waals surface area contributed by atoms with Gasteiger partial charge in [-0.1, -0.05) is 12.1 Å². The van der Waals surface area contributed by atoms with E-state index in [0.717, 1.165) is 23.0 Å². The predicted molar refractivity (Wildman–Crippen MR) is 244 cm³/mol. The van der Waals surface area contributed by atoms with Crippen LogP contribution < -0.4 is 4.90 Å². The largest absolute Gasteiger partial charge is 0.748 e. The average molecular weight is 1000 g/mol. The molecule has 6 rings (SSSR count). The van der Waals surface area contributed by atoms with Crippen molar-refractivity contribution in [1.82, 2.24) is 0 Å². The first-order valence-electron chi connectivity index (χ1n) is 21.2. The van der Waals surface area contributed by atoms with Crippen LogP contribution in [0.25, 0.3) is 21.5 Å². The Morgan fingerprint density at radius 3 is 1.97 bits per heavy atom. The second kappa shape index (κ2) is 19.4. The van der Waals surface area contributed by atoms with Gasteiger partial charge in [0.25, 0.3) is 0 Å². The summed E-state index contributed by atoms with van der Waals surface area (Å²) in [6.07, 6.45) is 6.84. The molecule has 0 bridgehead atoms. The first-order valence-corrected chi connectivity index (χ1v) is 27.0. The van der Waals surface area contributed by atoms with Crippen LogP contribution in [-0.2, 0) is 72.0 Å². The van der Waals surface area contributed by atoms with Crippen LogP contribution in [-0.4, -0.2) is 120 Å². The maximum atomic E-state index is 12.6. The number of carbonyl (C=O) groups is 1. The van der Waals surface area contributed by atoms with E-state index >= 15 is 0 Å². The Balaban J connectivity index is 1.60. The number of hydrogen-bond acceptors (Lipinski definition) is 16. The molecular weight excluding hydrogens is 953 g/mol. The molecular formula is C45H51N2O16S4-3. The third kappa shape index (κ3) is 10.8. The Kier molecular flexibility index (Phi) is 15.0. The molecule has 1 atom stereocenters. The standard InChI is InChI=1S/C45H54N2O16S4/c1-44(2)39(46(20-8-6-7-13-41(48)49)36-16-14-32-29(18-22-62-4)25-30(65(53,54)55)26-34(32)42(36)44)11-9-12-40-45(3,19-10-24-64(50,51)52)43-35-27-31(66(56,57)58)28-38(67(59,60)61)33(35)15-17-37(43)47(40)21-23-63-5/h9,11-12,14-17,25-28H,6-8,10,13,18-24H2,1-5H3,(H4-,48,49,50,51,52,53,54,55,56,57,58,59,60,61)/p-3. The molecule has 0 aromatic heterocycles. The summed E-state index contributed by atoms with van der Waals surface area (Å²) in [5.41, 5.74) is 1.67. The second-order valence-electron chi connectivity index (χ2n) is 17.3. The predicted octanol–water partition coefficient (Wildman–Crippen LogP) is 5.11. The van der Waals surface area contributed by atoms with Gasteiger partial charge in [-0.05, 0) is 128 Å². The molecule has 1 N–H and O–H groups in total. The van der Waals surface area contributed by atoms with Crippen LogP contribution in [0.5, 0.6) is 0 Å². The molecule has 0 fully saturated rings. The average Bonchev–Trinajstić information content (AvgIpc) is 3.58. The highest BCUT2D eigenvalue weighted by Gasteiger charge is 2.47. The summed E-state index contributed by atoms with van der Waals surface area (Å²) in [6.45, 7) is 6.50. The number of aliphatic carboxylic acids is 1. The zero-order valence-corrected chi connectivity index (χ0v) is 40.7. The topological polar surface area (TPSA) is 291 Å². The molecule has 0 radical (unpaired) electrons. The summed E-state index contributed by atoms with van der Waals surface area (Å²) >= 11 is 0. The van der Waals surface area contributed by atoms with Crippen LogP contribution in [0.1, 0.15) is 76.0 Å². The number of ether oxygens (including phenoxy) is 2. The van der Waals surface area contributed by atoms with E-state index in [-0.39, 0.29) is 55.4 Å². The van der Waals surface area contributed by atoms with Gasteiger partial charge in [-0.2, -0.15) is 4.58 Å². The number of hydrogen-bond donors (Lipinski definition) is 1. The van der Waals surface area contributed by atoms with E-state index in [1.807, 2.05) is 36.6 Å². The van der Waals surface area contributed by atoms with Crippen molar-refractivity contribution in [2.75, 3.05) is 51.2 Å². The molecule has 67 heavy (non-hydrogen) atoms. The van der Waals surface area contributed by atoms with Crippen molar-refractivity contribution in [3.8, 4) is 0 Å². The zero-order valence-electron chi connectivity index (χ0n) is 37.4. The highest BCUT2D eigenvalue weighted by Crippen LogP contribution is 2.54. The number of carboxylic acids is 1. The van der Waals surface area contributed by atoms with Crippen LogP contribution in [0.3, 0.4) is 0 Å². The minimum absolute atomic E-state index is 0.0216. The number of unbranched alkanes of at least 4 members (excludes halogenated alkanes) is 2. The molecule has 2 heterocycles. The lowest BCUT2D eigenvalue weighted by atomic mass is 9.75. The third-order valence-corrected chi connectivity index (χ3v) is 15.9. The minimum atomic E-state index is -5.37. The van der Waals surface area contributed by atoms with Crippen molar-refractivity contribution in [2.24, 2.45) is 0 Å². The number of allylic oxidation sites excluding steroid dienone is 4. The number of nitrogens with zero attached hydrogens (tertiary/aromatic N) is 2. The molecule has 18 nitrogen and oxygen atoms in total. The third-order valence-electron chi connectivity index (χ3n) is 12.6. The lowest BCUT2D eigenvalue weighted by Gasteiger charge is -2.31. The van der Waals surface area contributed by atoms with E-state index in [2.05, 4.69) is 0 Å². The summed E-state index contributed by atoms with van der Waals surface area (Å²) < 4.78 is 161. The van der Waals surface area contributed by atoms with Crippen LogP contribution in [0.2, 0.25) is 0 Å². The van der Waals surface area contributed by atoms with E-state index < -0.39 is 77.7 Å². The molecule has 2 aliphatic heterocycles. The van der Waals surface area contributed by atoms with Crippen molar-refractivity contribution < 1.29 is 75.8 Å². The van der Waals surface area contributed by atoms with Gasteiger partial charge in [0.2, 0.25) is 5.69 Å². The molecule has 2 aliphatic rings. The molecule has 0 aliphatic carbocycles. The molecule has 0 amide bonds. The Bertz CT molecular complexity index is 3200. The fourth-order valence-electron chi connectivity index (χ4n) is 9.63. The van der Waals surface area contributed by atoms with Crippen LogP contribution in [0.4, 0.5) is 11.4 Å². The fourth-order valence-corrected chi connectivity index (χ4v) is 12.0. The van der Waals surface area contributed by atoms with Crippen LogP contribution in [0, 0.1) is 0 Å². The lowest BCUT2D eigenvalue weighted by Crippen LogP contribution is -2.31. The van der Waals surface area contributed by atoms with Gasteiger partial charge < -0.3 is 37.7 Å². The number of fused-ring (bicyclic) bond motifs is 6. The molecule has 4 aromatic carbocycles. The minimum Gasteiger partial charge on any atom is -0.748 e. The van der Waals surface area contributed by atoms with Crippen LogP contribution >= 0.6 is 0 Å². The van der Waals surface area contributed by atoms with E-state index in [9.17, 15) is 61.8 Å². The fraction of sp³-hybridized carbons (Fsp3) is 0.422. The normalized spacial score (nSPS) is 18.2. The van der Waals surface area contributed by atoms with Crippen molar-refractivity contribution in [3.05, 3.63) is 89.1 Å². The monoisotopic (exact) mass is 1000 g/mol. The highest BCUT2D eigenvalue weighted by atomic mass is 32.2. The van der Waals surface area contributed by atoms with Gasteiger partial charge in [0.1, 0.15) is 36.9 Å². The van der Waals surface area contributed by atoms with E-state index in [1.54, 1.807) is 24.0 Å². The van der Waals surface area contributed by atoms with E-state index in [4.69, 9.17) is 9.47 Å². The number of anilines is 1. The van der Waals surface area contributed by atoms with E-state index in [0.29, 0.717) is 66.0 Å². The van der Waals surface area contributed by atoms with Crippen molar-refractivity contribution in [3.63, 3.8) is 0 Å². The van der Waals surface area contributed by atoms with Gasteiger partial charge in [0.05, 0.1) is 43.4 Å². The maximum absolute atomic E-state index is 12.6. The second-order valence-corrected chi connectivity index (χ2v) is 23.0. The first-order chi connectivity index (χ1) is 31.1. The summed E-state index contributed by atoms with van der Waals surface area (Å²) in [5, 5.41) is 10.3. The van der Waals surface area contributed by atoms with Crippen molar-refractivity contribution in [2.45, 2.75) is 91.2 Å². The van der Waals surface area contributed by atoms with Crippen LogP contribution in [0.15, 0.2) is 87.1 Å². The van der Waals surface area contributed by atoms with Crippen molar-refractivity contribution in [1.29, 1.82) is 0 Å². The summed E-state index contributed by atoms with van der Waals surface area (Å²) in [6, 6.07) is 10.8. The number of benzene rings is 4. The van der Waals surface area contributed by atoms with Gasteiger partial charge in [0.15, 0.2) is 5.71 Å². The van der Waals surface area contributed by atoms with Gasteiger partial charge in [-0.3, -0.25) is 4.79 Å². The molecule has 364 valence electrons. The maximum Gasteiger partial charge on any atom is 0.303 e. The van der Waals surface area contributed by atoms with E-state index in [1.165, 1.54) is 38.5 Å². The van der Waals surface area contributed by atoms with Gasteiger partial charge in [-0.15, -0.1) is 0 Å². The number of carboxylic acid groups (broad SMARTS) is 1. The first kappa shape index (κ1) is 51.8. The highest BCUT2D eigenvalue weighted by molar-refractivity contribution is 7.87. The Hall–Kier alpha value is -4.62. The number of rotatable bonds is 21. The molecule has 1 unspecified atom stereocenters. The molecule has 0 saturated carbocycles. The summed E-state index contributed by atoms with van der Waals surface area (Å²) in [4.78, 5) is 10.8. The smallest absolute Gasteiger partial charge is 0.303 e. The van der Waals surface area contributed by atoms with Gasteiger partial charge in [-0.25, -0.2) is 33.7 Å². The van der Waals surface area contributed by atoms with Crippen molar-refractivity contribution >= 4 is 85.1 Å². The lowest BCUT2D eigenvalue weighted by molar-refractivity contribution is -0.438. The number of methoxy groups -OCH3 is 2. The zero-order chi connectivity index (χ0) is 49.5. The molecule has 4 aromatic rings. The molecule has 0 saturated heterocycles. The summed E-state index contributed by atoms with van der Waals surface area (Å²) in [7, 11) is -17.4. The molecule has 22 heteroatoms. The van der Waals surface area contributed by atoms with Gasteiger partial charge in [0, 0.05) is 73.9 Å².